The topological polar surface area (TPSA) is 37.3 Å². The van der Waals surface area contributed by atoms with Crippen LogP contribution in [0.5, 0.6) is 0 Å². The Morgan fingerprint density at radius 1 is 1.18 bits per heavy atom. The van der Waals surface area contributed by atoms with Crippen LogP contribution in [0.25, 0.3) is 0 Å². The van der Waals surface area contributed by atoms with E-state index < -0.39 is 23.9 Å². The first-order valence-electron chi connectivity index (χ1n) is 9.55. The lowest BCUT2D eigenvalue weighted by Crippen LogP contribution is -2.33. The van der Waals surface area contributed by atoms with E-state index in [9.17, 15) is 18.0 Å². The van der Waals surface area contributed by atoms with Gasteiger partial charge in [0.05, 0.1) is 12.0 Å². The van der Waals surface area contributed by atoms with Crippen LogP contribution in [0.2, 0.25) is 0 Å². The molecule has 0 saturated heterocycles. The number of nitrogens with one attached hydrogen (secondary N) is 1. The summed E-state index contributed by atoms with van der Waals surface area (Å²) in [6, 6.07) is 8.14. The number of carbonyl (C=O) groups is 1. The summed E-state index contributed by atoms with van der Waals surface area (Å²) in [6.07, 6.45) is -2.66. The first-order valence-corrected chi connectivity index (χ1v) is 9.55. The molecule has 0 unspecified atom stereocenters. The Bertz CT molecular complexity index is 889. The molecule has 0 radical (unpaired) electrons. The highest BCUT2D eigenvalue weighted by molar-refractivity contribution is 5.93. The van der Waals surface area contributed by atoms with Crippen LogP contribution in [0, 0.1) is 19.3 Å². The zero-order valence-electron chi connectivity index (χ0n) is 16.1. The van der Waals surface area contributed by atoms with Gasteiger partial charge in [0.15, 0.2) is 0 Å². The van der Waals surface area contributed by atoms with Gasteiger partial charge >= 0.3 is 6.18 Å². The Morgan fingerprint density at radius 2 is 1.86 bits per heavy atom. The van der Waals surface area contributed by atoms with E-state index in [1.807, 2.05) is 32.0 Å². The fourth-order valence-electron chi connectivity index (χ4n) is 4.06. The number of nitrogens with zero attached hydrogens (tertiary/aromatic N) is 2. The number of amides is 1. The lowest BCUT2D eigenvalue weighted by Gasteiger charge is -2.31. The first-order chi connectivity index (χ1) is 13.2. The third-order valence-corrected chi connectivity index (χ3v) is 5.99. The number of alkyl halides is 3. The number of benzene rings is 1. The minimum atomic E-state index is -4.32. The number of carbonyl (C=O) groups excluding carboxylic acids is 1. The number of halogens is 3. The maximum Gasteiger partial charge on any atom is 0.395 e. The molecule has 150 valence electrons. The van der Waals surface area contributed by atoms with Gasteiger partial charge in [0.25, 0.3) is 0 Å². The van der Waals surface area contributed by atoms with Crippen molar-refractivity contribution >= 4 is 17.3 Å². The van der Waals surface area contributed by atoms with Gasteiger partial charge < -0.3 is 14.8 Å². The molecule has 2 aromatic rings. The maximum atomic E-state index is 13.1. The molecule has 1 aliphatic heterocycles. The molecule has 2 heterocycles. The average molecular weight is 391 g/mol. The van der Waals surface area contributed by atoms with E-state index in [1.54, 1.807) is 0 Å². The van der Waals surface area contributed by atoms with E-state index >= 15 is 0 Å². The van der Waals surface area contributed by atoms with Crippen LogP contribution in [0.1, 0.15) is 36.1 Å². The molecule has 0 bridgehead atoms. The normalized spacial score (nSPS) is 18.0. The minimum absolute atomic E-state index is 0.0392. The summed E-state index contributed by atoms with van der Waals surface area (Å²) in [5, 5.41) is 2.73. The predicted molar refractivity (Wildman–Crippen MR) is 102 cm³/mol. The van der Waals surface area contributed by atoms with Crippen molar-refractivity contribution in [2.45, 2.75) is 52.4 Å². The van der Waals surface area contributed by atoms with Crippen molar-refractivity contribution in [1.82, 2.24) is 4.57 Å². The number of anilines is 2. The molecule has 0 atom stereocenters. The van der Waals surface area contributed by atoms with Gasteiger partial charge in [0.1, 0.15) is 0 Å². The van der Waals surface area contributed by atoms with Crippen molar-refractivity contribution in [2.24, 2.45) is 5.41 Å². The van der Waals surface area contributed by atoms with Crippen LogP contribution in [0.3, 0.4) is 0 Å². The van der Waals surface area contributed by atoms with E-state index in [4.69, 9.17) is 0 Å². The second-order valence-electron chi connectivity index (χ2n) is 8.07. The van der Waals surface area contributed by atoms with Gasteiger partial charge in [-0.3, -0.25) is 4.79 Å². The number of aryl methyl sites for hydroxylation is 2. The Labute approximate surface area is 162 Å². The summed E-state index contributed by atoms with van der Waals surface area (Å²) in [5.74, 6) is -0.565. The average Bonchev–Trinajstić information content (AvgIpc) is 3.25. The quantitative estimate of drug-likeness (QED) is 0.813. The maximum absolute atomic E-state index is 13.1. The largest absolute Gasteiger partial charge is 0.395 e. The zero-order valence-corrected chi connectivity index (χ0v) is 16.1. The smallest absolute Gasteiger partial charge is 0.364 e. The van der Waals surface area contributed by atoms with E-state index in [0.717, 1.165) is 36.4 Å². The van der Waals surface area contributed by atoms with Gasteiger partial charge in [-0.05, 0) is 62.1 Å². The molecular weight excluding hydrogens is 367 g/mol. The molecule has 2 aliphatic rings. The van der Waals surface area contributed by atoms with Gasteiger partial charge in [-0.2, -0.15) is 13.2 Å². The molecule has 1 N–H and O–H groups in total. The van der Waals surface area contributed by atoms with Crippen molar-refractivity contribution in [3.8, 4) is 0 Å². The zero-order chi connectivity index (χ0) is 20.1. The van der Waals surface area contributed by atoms with Crippen molar-refractivity contribution in [2.75, 3.05) is 16.8 Å². The highest BCUT2D eigenvalue weighted by Gasteiger charge is 2.63. The van der Waals surface area contributed by atoms with Crippen molar-refractivity contribution in [3.63, 3.8) is 0 Å². The lowest BCUT2D eigenvalue weighted by molar-refractivity contribution is -0.189. The van der Waals surface area contributed by atoms with Gasteiger partial charge in [-0.15, -0.1) is 0 Å². The summed E-state index contributed by atoms with van der Waals surface area (Å²) in [4.78, 5) is 14.6. The summed E-state index contributed by atoms with van der Waals surface area (Å²) in [7, 11) is 0. The van der Waals surface area contributed by atoms with Crippen LogP contribution < -0.4 is 10.2 Å². The molecular formula is C21H24F3N3O. The van der Waals surface area contributed by atoms with E-state index in [-0.39, 0.29) is 12.8 Å². The van der Waals surface area contributed by atoms with Gasteiger partial charge in [-0.25, -0.2) is 0 Å². The SMILES string of the molecule is Cc1cc(N2CCn3cccc3C2)cc(C)c1NC(=O)CC1(C(F)(F)F)CC1. The number of hydrogen-bond acceptors (Lipinski definition) is 2. The molecule has 1 aromatic heterocycles. The molecule has 4 rings (SSSR count). The molecule has 1 aliphatic carbocycles. The third-order valence-electron chi connectivity index (χ3n) is 5.99. The highest BCUT2D eigenvalue weighted by Crippen LogP contribution is 2.60. The Morgan fingerprint density at radius 3 is 2.46 bits per heavy atom. The fraction of sp³-hybridized carbons (Fsp3) is 0.476. The number of fused-ring (bicyclic) bond motifs is 1. The van der Waals surface area contributed by atoms with Crippen molar-refractivity contribution in [1.29, 1.82) is 0 Å². The van der Waals surface area contributed by atoms with E-state index in [1.165, 1.54) is 5.69 Å². The van der Waals surface area contributed by atoms with Gasteiger partial charge in [0, 0.05) is 42.8 Å². The highest BCUT2D eigenvalue weighted by atomic mass is 19.4. The second-order valence-corrected chi connectivity index (χ2v) is 8.07. The van der Waals surface area contributed by atoms with Crippen LogP contribution in [-0.4, -0.2) is 23.2 Å². The molecule has 1 amide bonds. The number of rotatable bonds is 4. The fourth-order valence-corrected chi connectivity index (χ4v) is 4.06. The molecule has 4 nitrogen and oxygen atoms in total. The van der Waals surface area contributed by atoms with Gasteiger partial charge in [-0.1, -0.05) is 0 Å². The van der Waals surface area contributed by atoms with E-state index in [2.05, 4.69) is 27.0 Å². The summed E-state index contributed by atoms with van der Waals surface area (Å²) < 4.78 is 41.6. The molecule has 1 fully saturated rings. The molecule has 1 aromatic carbocycles. The van der Waals surface area contributed by atoms with Crippen LogP contribution >= 0.6 is 0 Å². The molecule has 7 heteroatoms. The number of hydrogen-bond donors (Lipinski definition) is 1. The standard InChI is InChI=1S/C21H24F3N3O/c1-14-10-17(27-9-8-26-7-3-4-16(26)13-27)11-15(2)19(14)25-18(28)12-20(5-6-20)21(22,23)24/h3-4,7,10-11H,5-6,8-9,12-13H2,1-2H3,(H,25,28). The van der Waals surface area contributed by atoms with Crippen molar-refractivity contribution < 1.29 is 18.0 Å². The Kier molecular flexibility index (Phi) is 4.43. The molecule has 1 saturated carbocycles. The third kappa shape index (κ3) is 3.38. The molecule has 28 heavy (non-hydrogen) atoms. The summed E-state index contributed by atoms with van der Waals surface area (Å²) in [5.41, 5.74) is 2.84. The Balaban J connectivity index is 1.48. The lowest BCUT2D eigenvalue weighted by atomic mass is 10.0. The predicted octanol–water partition coefficient (Wildman–Crippen LogP) is 4.80. The van der Waals surface area contributed by atoms with E-state index in [0.29, 0.717) is 5.69 Å². The van der Waals surface area contributed by atoms with Crippen LogP contribution in [0.15, 0.2) is 30.5 Å². The number of aromatic nitrogens is 1. The molecule has 0 spiro atoms. The first kappa shape index (κ1) is 18.9. The summed E-state index contributed by atoms with van der Waals surface area (Å²) >= 11 is 0. The monoisotopic (exact) mass is 391 g/mol. The van der Waals surface area contributed by atoms with Gasteiger partial charge in [0.2, 0.25) is 5.91 Å². The van der Waals surface area contributed by atoms with Crippen molar-refractivity contribution in [3.05, 3.63) is 47.3 Å². The van der Waals surface area contributed by atoms with Crippen LogP contribution in [-0.2, 0) is 17.9 Å². The summed E-state index contributed by atoms with van der Waals surface area (Å²) in [6.45, 7) is 6.38. The minimum Gasteiger partial charge on any atom is -0.364 e. The second kappa shape index (κ2) is 6.57. The Hall–Kier alpha value is -2.44. The van der Waals surface area contributed by atoms with Crippen LogP contribution in [0.4, 0.5) is 24.5 Å².